The van der Waals surface area contributed by atoms with Crippen LogP contribution in [0.4, 0.5) is 5.69 Å². The van der Waals surface area contributed by atoms with Gasteiger partial charge in [-0.2, -0.15) is 4.99 Å². The number of nitrogens with one attached hydrogen (secondary N) is 1. The maximum absolute atomic E-state index is 13.1. The molecule has 0 fully saturated rings. The van der Waals surface area contributed by atoms with Crippen LogP contribution in [-0.2, 0) is 21.3 Å². The zero-order chi connectivity index (χ0) is 26.6. The lowest BCUT2D eigenvalue weighted by atomic mass is 10.2. The summed E-state index contributed by atoms with van der Waals surface area (Å²) >= 11 is 1.24. The first-order valence-corrected chi connectivity index (χ1v) is 13.2. The summed E-state index contributed by atoms with van der Waals surface area (Å²) in [7, 11) is -1.08. The van der Waals surface area contributed by atoms with Crippen molar-refractivity contribution in [2.24, 2.45) is 4.99 Å². The molecular weight excluding hydrogens is 514 g/mol. The van der Waals surface area contributed by atoms with Gasteiger partial charge in [0.2, 0.25) is 0 Å². The van der Waals surface area contributed by atoms with Crippen LogP contribution in [0.5, 0.6) is 5.75 Å². The van der Waals surface area contributed by atoms with E-state index in [9.17, 15) is 18.0 Å². The van der Waals surface area contributed by atoms with Crippen molar-refractivity contribution in [3.8, 4) is 5.75 Å². The average molecular weight is 538 g/mol. The van der Waals surface area contributed by atoms with Gasteiger partial charge >= 0.3 is 5.97 Å². The minimum Gasteiger partial charge on any atom is -0.497 e. The van der Waals surface area contributed by atoms with Gasteiger partial charge in [0.05, 0.1) is 34.9 Å². The molecule has 4 aromatic rings. The summed E-state index contributed by atoms with van der Waals surface area (Å²) in [5.41, 5.74) is 1.59. The van der Waals surface area contributed by atoms with Gasteiger partial charge in [0.25, 0.3) is 15.9 Å². The van der Waals surface area contributed by atoms with Crippen molar-refractivity contribution in [1.82, 2.24) is 4.57 Å². The number of esters is 1. The highest BCUT2D eigenvalue weighted by Crippen LogP contribution is 2.22. The second kappa shape index (κ2) is 10.8. The Labute approximate surface area is 217 Å². The normalized spacial score (nSPS) is 11.8. The van der Waals surface area contributed by atoms with Gasteiger partial charge in [-0.3, -0.25) is 9.52 Å². The quantitative estimate of drug-likeness (QED) is 0.266. The third-order valence-corrected chi connectivity index (χ3v) is 7.78. The van der Waals surface area contributed by atoms with Crippen molar-refractivity contribution in [3.05, 3.63) is 95.3 Å². The molecule has 4 rings (SSSR count). The van der Waals surface area contributed by atoms with Gasteiger partial charge in [-0.15, -0.1) is 6.58 Å². The summed E-state index contributed by atoms with van der Waals surface area (Å²) in [4.78, 5) is 29.7. The number of fused-ring (bicyclic) bond motifs is 1. The van der Waals surface area contributed by atoms with Crippen LogP contribution in [0.1, 0.15) is 20.7 Å². The molecule has 0 aliphatic rings. The lowest BCUT2D eigenvalue weighted by molar-refractivity contribution is 0.0600. The van der Waals surface area contributed by atoms with E-state index in [1.165, 1.54) is 43.8 Å². The zero-order valence-electron chi connectivity index (χ0n) is 20.0. The molecule has 190 valence electrons. The zero-order valence-corrected chi connectivity index (χ0v) is 21.6. The Morgan fingerprint density at radius 2 is 1.81 bits per heavy atom. The predicted octanol–water partition coefficient (Wildman–Crippen LogP) is 4.23. The molecule has 37 heavy (non-hydrogen) atoms. The minimum absolute atomic E-state index is 0.0526. The number of rotatable bonds is 8. The lowest BCUT2D eigenvalue weighted by Gasteiger charge is -2.09. The fourth-order valence-electron chi connectivity index (χ4n) is 3.54. The molecule has 0 spiro atoms. The van der Waals surface area contributed by atoms with Gasteiger partial charge in [-0.05, 0) is 60.7 Å². The average Bonchev–Trinajstić information content (AvgIpc) is 3.24. The van der Waals surface area contributed by atoms with Crippen LogP contribution >= 0.6 is 11.3 Å². The van der Waals surface area contributed by atoms with Crippen LogP contribution in [0, 0.1) is 0 Å². The number of methoxy groups -OCH3 is 2. The molecule has 1 N–H and O–H groups in total. The Bertz CT molecular complexity index is 1670. The van der Waals surface area contributed by atoms with Crippen LogP contribution in [-0.4, -0.2) is 39.1 Å². The number of ether oxygens (including phenoxy) is 2. The van der Waals surface area contributed by atoms with Crippen molar-refractivity contribution in [1.29, 1.82) is 0 Å². The standard InChI is InChI=1S/C26H23N3O6S2/c1-4-14-29-22-13-8-18(25(31)35-3)16-23(22)36-26(29)27-24(30)17-6-5-7-19(15-17)28-37(32,33)21-11-9-20(34-2)10-12-21/h4-13,15-16,28H,1,14H2,2-3H3. The summed E-state index contributed by atoms with van der Waals surface area (Å²) in [6.45, 7) is 4.17. The van der Waals surface area contributed by atoms with Crippen LogP contribution in [0.3, 0.4) is 0 Å². The number of hydrogen-bond acceptors (Lipinski definition) is 7. The van der Waals surface area contributed by atoms with E-state index in [0.29, 0.717) is 22.7 Å². The summed E-state index contributed by atoms with van der Waals surface area (Å²) in [5, 5.41) is 0. The molecule has 0 saturated heterocycles. The summed E-state index contributed by atoms with van der Waals surface area (Å²) in [5.74, 6) is -0.485. The maximum atomic E-state index is 13.1. The summed E-state index contributed by atoms with van der Waals surface area (Å²) < 4.78 is 40.5. The highest BCUT2D eigenvalue weighted by molar-refractivity contribution is 7.92. The smallest absolute Gasteiger partial charge is 0.337 e. The number of hydrogen-bond donors (Lipinski definition) is 1. The van der Waals surface area contributed by atoms with Crippen LogP contribution in [0.2, 0.25) is 0 Å². The Balaban J connectivity index is 1.66. The molecule has 0 atom stereocenters. The monoisotopic (exact) mass is 537 g/mol. The number of nitrogens with zero attached hydrogens (tertiary/aromatic N) is 2. The third kappa shape index (κ3) is 5.63. The Morgan fingerprint density at radius 3 is 2.49 bits per heavy atom. The van der Waals surface area contributed by atoms with E-state index in [4.69, 9.17) is 9.47 Å². The minimum atomic E-state index is -3.88. The van der Waals surface area contributed by atoms with Crippen molar-refractivity contribution in [2.75, 3.05) is 18.9 Å². The van der Waals surface area contributed by atoms with E-state index in [2.05, 4.69) is 16.3 Å². The van der Waals surface area contributed by atoms with E-state index in [1.807, 2.05) is 4.57 Å². The molecule has 1 aromatic heterocycles. The molecule has 0 unspecified atom stereocenters. The molecular formula is C26H23N3O6S2. The lowest BCUT2D eigenvalue weighted by Crippen LogP contribution is -2.16. The third-order valence-electron chi connectivity index (χ3n) is 5.34. The number of anilines is 1. The molecule has 0 aliphatic heterocycles. The molecule has 3 aromatic carbocycles. The molecule has 1 amide bonds. The second-order valence-corrected chi connectivity index (χ2v) is 10.4. The van der Waals surface area contributed by atoms with Gasteiger partial charge in [-0.25, -0.2) is 13.2 Å². The highest BCUT2D eigenvalue weighted by atomic mass is 32.2. The van der Waals surface area contributed by atoms with E-state index in [-0.39, 0.29) is 16.1 Å². The molecule has 1 heterocycles. The Kier molecular flexibility index (Phi) is 7.55. The SMILES string of the molecule is C=CCn1c(=NC(=O)c2cccc(NS(=O)(=O)c3ccc(OC)cc3)c2)sc2cc(C(=O)OC)ccc21. The maximum Gasteiger partial charge on any atom is 0.337 e. The Morgan fingerprint density at radius 1 is 1.05 bits per heavy atom. The van der Waals surface area contributed by atoms with Gasteiger partial charge in [0.15, 0.2) is 4.80 Å². The van der Waals surface area contributed by atoms with E-state index in [0.717, 1.165) is 10.2 Å². The summed E-state index contributed by atoms with van der Waals surface area (Å²) in [6, 6.07) is 17.1. The number of amides is 1. The van der Waals surface area contributed by atoms with E-state index in [1.54, 1.807) is 54.6 Å². The first-order chi connectivity index (χ1) is 17.7. The van der Waals surface area contributed by atoms with Gasteiger partial charge in [0, 0.05) is 17.8 Å². The van der Waals surface area contributed by atoms with Crippen LogP contribution in [0.25, 0.3) is 10.2 Å². The second-order valence-electron chi connectivity index (χ2n) is 7.74. The van der Waals surface area contributed by atoms with Crippen molar-refractivity contribution in [2.45, 2.75) is 11.4 Å². The molecule has 0 aliphatic carbocycles. The van der Waals surface area contributed by atoms with Gasteiger partial charge in [-0.1, -0.05) is 23.5 Å². The number of carbonyl (C=O) groups is 2. The first-order valence-electron chi connectivity index (χ1n) is 10.9. The van der Waals surface area contributed by atoms with Crippen LogP contribution in [0.15, 0.2) is 89.3 Å². The number of sulfonamides is 1. The van der Waals surface area contributed by atoms with E-state index >= 15 is 0 Å². The van der Waals surface area contributed by atoms with Gasteiger partial charge in [0.1, 0.15) is 5.75 Å². The fraction of sp³-hybridized carbons (Fsp3) is 0.115. The molecule has 0 radical (unpaired) electrons. The largest absolute Gasteiger partial charge is 0.497 e. The predicted molar refractivity (Wildman–Crippen MR) is 141 cm³/mol. The number of benzene rings is 3. The Hall–Kier alpha value is -4.22. The number of allylic oxidation sites excluding steroid dienone is 1. The number of aromatic nitrogens is 1. The highest BCUT2D eigenvalue weighted by Gasteiger charge is 2.16. The topological polar surface area (TPSA) is 116 Å². The van der Waals surface area contributed by atoms with Gasteiger partial charge < -0.3 is 14.0 Å². The first kappa shape index (κ1) is 25.9. The molecule has 9 nitrogen and oxygen atoms in total. The number of carbonyl (C=O) groups excluding carboxylic acids is 2. The summed E-state index contributed by atoms with van der Waals surface area (Å²) in [6.07, 6.45) is 1.68. The van der Waals surface area contributed by atoms with Crippen molar-refractivity contribution in [3.63, 3.8) is 0 Å². The molecule has 11 heteroatoms. The molecule has 0 bridgehead atoms. The molecule has 0 saturated carbocycles. The van der Waals surface area contributed by atoms with Crippen molar-refractivity contribution >= 4 is 49.1 Å². The number of thiazole rings is 1. The van der Waals surface area contributed by atoms with Crippen molar-refractivity contribution < 1.29 is 27.5 Å². The van der Waals surface area contributed by atoms with Crippen LogP contribution < -0.4 is 14.3 Å². The van der Waals surface area contributed by atoms with E-state index < -0.39 is 21.9 Å². The fourth-order valence-corrected chi connectivity index (χ4v) is 5.67.